The number of hydrogen-bond donors (Lipinski definition) is 2. The summed E-state index contributed by atoms with van der Waals surface area (Å²) in [5.74, 6) is 0. The normalized spacial score (nSPS) is 9.67. The van der Waals surface area contributed by atoms with Gasteiger partial charge in [0, 0.05) is 17.1 Å². The summed E-state index contributed by atoms with van der Waals surface area (Å²) in [4.78, 5) is 0. The van der Waals surface area contributed by atoms with E-state index in [9.17, 15) is 0 Å². The molecule has 40 valence electrons. The van der Waals surface area contributed by atoms with Gasteiger partial charge in [0.1, 0.15) is 0 Å². The van der Waals surface area contributed by atoms with Crippen LogP contribution >= 0.6 is 0 Å². The van der Waals surface area contributed by atoms with Crippen molar-refractivity contribution in [3.8, 4) is 0 Å². The van der Waals surface area contributed by atoms with Gasteiger partial charge >= 0.3 is 31.1 Å². The van der Waals surface area contributed by atoms with Gasteiger partial charge in [0.15, 0.2) is 0 Å². The van der Waals surface area contributed by atoms with E-state index in [1.54, 1.807) is 0 Å². The molecule has 0 atom stereocenters. The predicted molar refractivity (Wildman–Crippen MR) is 5.81 cm³/mol. The summed E-state index contributed by atoms with van der Waals surface area (Å²) in [6.07, 6.45) is 0. The Bertz CT molecular complexity index is 90.7. The Morgan fingerprint density at radius 2 is 1.17 bits per heavy atom. The molecule has 6 heteroatoms. The fraction of sp³-hybridized carbons (Fsp3) is 0. The molecule has 2 N–H and O–H groups in total. The molecule has 0 aliphatic heterocycles. The molecule has 0 aromatic carbocycles. The van der Waals surface area contributed by atoms with E-state index in [1.165, 1.54) is 0 Å². The zero-order chi connectivity index (χ0) is 4.50. The molecule has 0 aromatic heterocycles. The first kappa shape index (κ1) is 9.87. The third-order valence-electron chi connectivity index (χ3n) is 0. The van der Waals surface area contributed by atoms with Crippen molar-refractivity contribution in [1.82, 2.24) is 0 Å². The Balaban J connectivity index is 0. The van der Waals surface area contributed by atoms with E-state index in [1.807, 2.05) is 0 Å². The summed E-state index contributed by atoms with van der Waals surface area (Å²) in [5, 5.41) is 0. The van der Waals surface area contributed by atoms with Crippen LogP contribution in [0, 0.1) is 0 Å². The molecule has 0 unspecified atom stereocenters. The third kappa shape index (κ3) is 124. The molecule has 0 amide bonds. The van der Waals surface area contributed by atoms with Crippen molar-refractivity contribution in [1.29, 1.82) is 0 Å². The van der Waals surface area contributed by atoms with Crippen LogP contribution in [0.2, 0.25) is 0 Å². The molecular formula is H2FeO4W. The van der Waals surface area contributed by atoms with Crippen LogP contribution in [0.4, 0.5) is 0 Å². The summed E-state index contributed by atoms with van der Waals surface area (Å²) >= 11 is -5.67. The molecule has 0 saturated carbocycles. The first-order valence-electron chi connectivity index (χ1n) is 0.698. The van der Waals surface area contributed by atoms with Crippen molar-refractivity contribution in [2.75, 3.05) is 0 Å². The van der Waals surface area contributed by atoms with E-state index < -0.39 is 16.7 Å². The third-order valence-corrected chi connectivity index (χ3v) is 0. The van der Waals surface area contributed by atoms with Crippen LogP contribution in [0.15, 0.2) is 0 Å². The van der Waals surface area contributed by atoms with Gasteiger partial charge in [-0.05, 0) is 0 Å². The molecule has 0 bridgehead atoms. The zero-order valence-corrected chi connectivity index (χ0v) is 6.51. The maximum absolute atomic E-state index is 8.87. The van der Waals surface area contributed by atoms with Crippen molar-refractivity contribution in [2.45, 2.75) is 0 Å². The molecule has 0 rings (SSSR count). The van der Waals surface area contributed by atoms with E-state index in [0.29, 0.717) is 0 Å². The summed E-state index contributed by atoms with van der Waals surface area (Å²) in [6, 6.07) is 0. The van der Waals surface area contributed by atoms with Gasteiger partial charge in [0.2, 0.25) is 0 Å². The molecule has 0 heterocycles. The summed E-state index contributed by atoms with van der Waals surface area (Å²) in [6.45, 7) is 0. The van der Waals surface area contributed by atoms with E-state index in [-0.39, 0.29) is 17.1 Å². The van der Waals surface area contributed by atoms with Gasteiger partial charge in [-0.3, -0.25) is 0 Å². The van der Waals surface area contributed by atoms with Gasteiger partial charge in [-0.25, -0.2) is 0 Å². The molecule has 0 saturated heterocycles. The molecule has 6 heavy (non-hydrogen) atoms. The van der Waals surface area contributed by atoms with Crippen LogP contribution in [0.25, 0.3) is 0 Å². The Kier molecular flexibility index (Phi) is 4.66. The fourth-order valence-electron chi connectivity index (χ4n) is 0. The molecule has 4 nitrogen and oxygen atoms in total. The monoisotopic (exact) mass is 306 g/mol. The van der Waals surface area contributed by atoms with E-state index in [0.717, 1.165) is 0 Å². The fourth-order valence-corrected chi connectivity index (χ4v) is 0. The van der Waals surface area contributed by atoms with E-state index in [4.69, 9.17) is 14.3 Å². The Labute approximate surface area is 48.4 Å². The summed E-state index contributed by atoms with van der Waals surface area (Å²) < 4.78 is 32.1. The first-order valence-corrected chi connectivity index (χ1v) is 5.72. The van der Waals surface area contributed by atoms with Crippen LogP contribution < -0.4 is 0 Å². The standard InChI is InChI=1S/Fe.2H2O.2O.W/h;2*1H2;;;/q;;;;;+2/p-2. The Morgan fingerprint density at radius 1 is 1.17 bits per heavy atom. The second-order valence-electron chi connectivity index (χ2n) is 0.448. The average Bonchev–Trinajstić information content (AvgIpc) is 0.722. The van der Waals surface area contributed by atoms with Crippen molar-refractivity contribution >= 4 is 0 Å². The van der Waals surface area contributed by atoms with Crippen molar-refractivity contribution in [3.05, 3.63) is 0 Å². The molecule has 0 radical (unpaired) electrons. The van der Waals surface area contributed by atoms with Gasteiger partial charge < -0.3 is 0 Å². The maximum atomic E-state index is 8.87. The van der Waals surface area contributed by atoms with Crippen LogP contribution in [-0.2, 0) is 40.6 Å². The summed E-state index contributed by atoms with van der Waals surface area (Å²) in [5.41, 5.74) is 0. The number of rotatable bonds is 0. The molecular weight excluding hydrogens is 304 g/mol. The topological polar surface area (TPSA) is 74.6 Å². The molecule has 0 aromatic rings. The second-order valence-corrected chi connectivity index (χ2v) is 3.67. The Morgan fingerprint density at radius 3 is 1.17 bits per heavy atom. The number of hydrogen-bond acceptors (Lipinski definition) is 2. The predicted octanol–water partition coefficient (Wildman–Crippen LogP) is -1.36. The quantitative estimate of drug-likeness (QED) is 0.542. The van der Waals surface area contributed by atoms with Crippen LogP contribution in [0.3, 0.4) is 0 Å². The summed E-state index contributed by atoms with van der Waals surface area (Å²) in [7, 11) is 0. The van der Waals surface area contributed by atoms with Crippen molar-refractivity contribution < 1.29 is 48.1 Å². The second kappa shape index (κ2) is 2.83. The van der Waals surface area contributed by atoms with Gasteiger partial charge in [-0.1, -0.05) is 0 Å². The Hall–Kier alpha value is 0.728. The minimum absolute atomic E-state index is 0. The SMILES string of the molecule is [Fe].[O]=[W](=[O])([OH])[OH]. The van der Waals surface area contributed by atoms with Gasteiger partial charge in [-0.15, -0.1) is 0 Å². The van der Waals surface area contributed by atoms with Crippen LogP contribution in [0.5, 0.6) is 0 Å². The molecule has 0 spiro atoms. The van der Waals surface area contributed by atoms with Crippen molar-refractivity contribution in [3.63, 3.8) is 0 Å². The average molecular weight is 306 g/mol. The molecule has 0 aliphatic carbocycles. The van der Waals surface area contributed by atoms with E-state index >= 15 is 0 Å². The van der Waals surface area contributed by atoms with Crippen LogP contribution in [0.1, 0.15) is 0 Å². The zero-order valence-electron chi connectivity index (χ0n) is 2.47. The van der Waals surface area contributed by atoms with Gasteiger partial charge in [0.05, 0.1) is 0 Å². The minimum atomic E-state index is -5.67. The van der Waals surface area contributed by atoms with Gasteiger partial charge in [0.25, 0.3) is 0 Å². The first-order chi connectivity index (χ1) is 2.00. The van der Waals surface area contributed by atoms with Crippen molar-refractivity contribution in [2.24, 2.45) is 0 Å². The van der Waals surface area contributed by atoms with Gasteiger partial charge in [-0.2, -0.15) is 0 Å². The van der Waals surface area contributed by atoms with E-state index in [2.05, 4.69) is 0 Å². The van der Waals surface area contributed by atoms with Crippen LogP contribution in [-0.4, -0.2) is 7.52 Å². The molecule has 0 fully saturated rings. The molecule has 0 aliphatic rings.